The molecule has 10 heteroatoms. The zero-order valence-electron chi connectivity index (χ0n) is 26.4. The van der Waals surface area contributed by atoms with Crippen LogP contribution in [0.2, 0.25) is 0 Å². The molecule has 1 aliphatic carbocycles. The number of nitrogens with one attached hydrogen (secondary N) is 1. The van der Waals surface area contributed by atoms with Crippen molar-refractivity contribution in [3.8, 4) is 11.5 Å². The largest absolute Gasteiger partial charge is 0.457 e. The maximum atomic E-state index is 14.4. The summed E-state index contributed by atoms with van der Waals surface area (Å²) in [5.41, 5.74) is 2.04. The van der Waals surface area contributed by atoms with Crippen LogP contribution in [0.5, 0.6) is 11.5 Å². The molecule has 0 spiro atoms. The van der Waals surface area contributed by atoms with Crippen LogP contribution in [-0.2, 0) is 32.6 Å². The van der Waals surface area contributed by atoms with Gasteiger partial charge in [-0.15, -0.1) is 0 Å². The summed E-state index contributed by atoms with van der Waals surface area (Å²) < 4.78 is 34.2. The monoisotopic (exact) mass is 717 g/mol. The van der Waals surface area contributed by atoms with Crippen LogP contribution < -0.4 is 14.4 Å². The van der Waals surface area contributed by atoms with Crippen molar-refractivity contribution < 1.29 is 22.7 Å². The summed E-state index contributed by atoms with van der Waals surface area (Å²) >= 11 is 3.47. The average Bonchev–Trinajstić information content (AvgIpc) is 3.07. The molecule has 246 valence electrons. The zero-order valence-corrected chi connectivity index (χ0v) is 28.8. The fraction of sp³-hybridized carbons (Fsp3) is 0.297. The van der Waals surface area contributed by atoms with Gasteiger partial charge in [-0.1, -0.05) is 95.9 Å². The van der Waals surface area contributed by atoms with E-state index in [1.54, 1.807) is 24.3 Å². The smallest absolute Gasteiger partial charge is 0.244 e. The van der Waals surface area contributed by atoms with Crippen LogP contribution in [0.1, 0.15) is 43.2 Å². The van der Waals surface area contributed by atoms with Crippen molar-refractivity contribution in [3.05, 3.63) is 125 Å². The molecule has 0 radical (unpaired) electrons. The number of anilines is 1. The third kappa shape index (κ3) is 9.92. The lowest BCUT2D eigenvalue weighted by Gasteiger charge is -2.35. The van der Waals surface area contributed by atoms with Crippen molar-refractivity contribution in [2.45, 2.75) is 57.2 Å². The number of nitrogens with zero attached hydrogens (tertiary/aromatic N) is 2. The second kappa shape index (κ2) is 16.1. The summed E-state index contributed by atoms with van der Waals surface area (Å²) in [6.07, 6.45) is 6.40. The van der Waals surface area contributed by atoms with Crippen LogP contribution in [-0.4, -0.2) is 50.0 Å². The lowest BCUT2D eigenvalue weighted by atomic mass is 9.94. The standard InChI is InChI=1S/C37H40BrN3O5S/c1-47(44,45)41(32-21-23-34(24-22-32)46-33-15-9-4-10-16-33)27-36(42)40(26-29-17-19-30(38)20-18-29)35(25-28-11-5-2-6-12-28)37(43)39-31-13-7-3-8-14-31/h2,4-6,9-12,15-24,31,35H,3,7-8,13-14,25-27H2,1H3,(H,39,43). The second-order valence-corrected chi connectivity index (χ2v) is 14.7. The third-order valence-electron chi connectivity index (χ3n) is 8.27. The molecule has 0 bridgehead atoms. The van der Waals surface area contributed by atoms with Gasteiger partial charge in [0, 0.05) is 23.5 Å². The molecule has 1 atom stereocenters. The van der Waals surface area contributed by atoms with Crippen molar-refractivity contribution in [1.82, 2.24) is 10.2 Å². The van der Waals surface area contributed by atoms with Crippen molar-refractivity contribution >= 4 is 43.5 Å². The summed E-state index contributed by atoms with van der Waals surface area (Å²) in [6.45, 7) is -0.348. The first-order valence-electron chi connectivity index (χ1n) is 15.8. The van der Waals surface area contributed by atoms with E-state index in [-0.39, 0.29) is 24.9 Å². The first-order valence-corrected chi connectivity index (χ1v) is 18.5. The van der Waals surface area contributed by atoms with Crippen molar-refractivity contribution in [2.75, 3.05) is 17.1 Å². The number of carbonyl (C=O) groups excluding carboxylic acids is 2. The highest BCUT2D eigenvalue weighted by Gasteiger charge is 2.34. The van der Waals surface area contributed by atoms with Gasteiger partial charge in [-0.3, -0.25) is 13.9 Å². The summed E-state index contributed by atoms with van der Waals surface area (Å²) in [5.74, 6) is 0.455. The highest BCUT2D eigenvalue weighted by Crippen LogP contribution is 2.27. The minimum absolute atomic E-state index is 0.0447. The molecule has 5 rings (SSSR count). The maximum absolute atomic E-state index is 14.4. The van der Waals surface area contributed by atoms with E-state index in [1.165, 1.54) is 4.90 Å². The summed E-state index contributed by atoms with van der Waals surface area (Å²) in [6, 6.07) is 32.1. The molecule has 2 amide bonds. The van der Waals surface area contributed by atoms with E-state index in [0.717, 1.165) is 58.3 Å². The number of halogens is 1. The third-order valence-corrected chi connectivity index (χ3v) is 9.94. The normalized spacial score (nSPS) is 14.2. The van der Waals surface area contributed by atoms with Crippen molar-refractivity contribution in [1.29, 1.82) is 0 Å². The molecule has 1 unspecified atom stereocenters. The Bertz CT molecular complexity index is 1710. The summed E-state index contributed by atoms with van der Waals surface area (Å²) in [5, 5.41) is 3.22. The van der Waals surface area contributed by atoms with Crippen molar-refractivity contribution in [3.63, 3.8) is 0 Å². The number of hydrogen-bond acceptors (Lipinski definition) is 5. The number of carbonyl (C=O) groups is 2. The number of rotatable bonds is 13. The molecule has 4 aromatic carbocycles. The molecule has 0 saturated heterocycles. The minimum Gasteiger partial charge on any atom is -0.457 e. The number of hydrogen-bond donors (Lipinski definition) is 1. The summed E-state index contributed by atoms with van der Waals surface area (Å²) in [4.78, 5) is 30.0. The van der Waals surface area contributed by atoms with Gasteiger partial charge in [0.2, 0.25) is 21.8 Å². The molecule has 0 aliphatic heterocycles. The number of benzene rings is 4. The number of amides is 2. The lowest BCUT2D eigenvalue weighted by Crippen LogP contribution is -2.55. The molecule has 47 heavy (non-hydrogen) atoms. The van der Waals surface area contributed by atoms with Gasteiger partial charge in [0.15, 0.2) is 0 Å². The van der Waals surface area contributed by atoms with E-state index in [0.29, 0.717) is 17.2 Å². The first kappa shape index (κ1) is 34.2. The molecule has 0 aromatic heterocycles. The van der Waals surface area contributed by atoms with Gasteiger partial charge in [-0.05, 0) is 72.5 Å². The van der Waals surface area contributed by atoms with E-state index >= 15 is 0 Å². The second-order valence-electron chi connectivity index (χ2n) is 11.9. The Balaban J connectivity index is 1.45. The predicted octanol–water partition coefficient (Wildman–Crippen LogP) is 7.10. The van der Waals surface area contributed by atoms with Crippen LogP contribution in [0.25, 0.3) is 0 Å². The van der Waals surface area contributed by atoms with Gasteiger partial charge < -0.3 is 15.0 Å². The Labute approximate surface area is 285 Å². The van der Waals surface area contributed by atoms with Gasteiger partial charge in [-0.2, -0.15) is 0 Å². The zero-order chi connectivity index (χ0) is 33.2. The Kier molecular flexibility index (Phi) is 11.7. The van der Waals surface area contributed by atoms with Gasteiger partial charge in [-0.25, -0.2) is 8.42 Å². The first-order chi connectivity index (χ1) is 22.7. The highest BCUT2D eigenvalue weighted by molar-refractivity contribution is 9.10. The molecule has 4 aromatic rings. The quantitative estimate of drug-likeness (QED) is 0.159. The SMILES string of the molecule is CS(=O)(=O)N(CC(=O)N(Cc1ccc(Br)cc1)C(Cc1ccccc1)C(=O)NC1CCCCC1)c1ccc(Oc2ccccc2)cc1. The van der Waals surface area contributed by atoms with Crippen LogP contribution in [0.4, 0.5) is 5.69 Å². The predicted molar refractivity (Wildman–Crippen MR) is 189 cm³/mol. The van der Waals surface area contributed by atoms with Gasteiger partial charge in [0.25, 0.3) is 0 Å². The Morgan fingerprint density at radius 1 is 0.809 bits per heavy atom. The maximum Gasteiger partial charge on any atom is 0.244 e. The Morgan fingerprint density at radius 2 is 1.40 bits per heavy atom. The van der Waals surface area contributed by atoms with E-state index in [9.17, 15) is 18.0 Å². The van der Waals surface area contributed by atoms with Gasteiger partial charge in [0.1, 0.15) is 24.1 Å². The molecule has 1 saturated carbocycles. The minimum atomic E-state index is -3.89. The average molecular weight is 719 g/mol. The van der Waals surface area contributed by atoms with Crippen LogP contribution in [0.15, 0.2) is 114 Å². The summed E-state index contributed by atoms with van der Waals surface area (Å²) in [7, 11) is -3.89. The molecule has 8 nitrogen and oxygen atoms in total. The molecular formula is C37H40BrN3O5S. The fourth-order valence-corrected chi connectivity index (χ4v) is 6.92. The number of ether oxygens (including phenoxy) is 1. The Hall–Kier alpha value is -4.15. The highest BCUT2D eigenvalue weighted by atomic mass is 79.9. The fourth-order valence-electron chi connectivity index (χ4n) is 5.80. The van der Waals surface area contributed by atoms with Crippen LogP contribution >= 0.6 is 15.9 Å². The van der Waals surface area contributed by atoms with Crippen LogP contribution in [0.3, 0.4) is 0 Å². The van der Waals surface area contributed by atoms with Crippen LogP contribution in [0, 0.1) is 0 Å². The number of para-hydroxylation sites is 1. The molecule has 1 N–H and O–H groups in total. The molecule has 1 fully saturated rings. The number of sulfonamides is 1. The van der Waals surface area contributed by atoms with Gasteiger partial charge in [0.05, 0.1) is 11.9 Å². The lowest BCUT2D eigenvalue weighted by molar-refractivity contribution is -0.140. The van der Waals surface area contributed by atoms with E-state index in [4.69, 9.17) is 4.74 Å². The molecule has 0 heterocycles. The van der Waals surface area contributed by atoms with E-state index in [2.05, 4.69) is 21.2 Å². The van der Waals surface area contributed by atoms with Crippen molar-refractivity contribution in [2.24, 2.45) is 0 Å². The van der Waals surface area contributed by atoms with E-state index in [1.807, 2.05) is 84.9 Å². The molecular weight excluding hydrogens is 678 g/mol. The van der Waals surface area contributed by atoms with Gasteiger partial charge >= 0.3 is 0 Å². The topological polar surface area (TPSA) is 96.0 Å². The van der Waals surface area contributed by atoms with E-state index < -0.39 is 28.5 Å². The molecule has 1 aliphatic rings. The Morgan fingerprint density at radius 3 is 2.02 bits per heavy atom.